The second kappa shape index (κ2) is 7.52. The number of hydrogen-bond donors (Lipinski definition) is 1. The number of carbonyl (C=O) groups is 1. The predicted octanol–water partition coefficient (Wildman–Crippen LogP) is 1.98. The second-order valence-electron chi connectivity index (χ2n) is 4.61. The van der Waals surface area contributed by atoms with Gasteiger partial charge in [0.1, 0.15) is 0 Å². The fraction of sp³-hybridized carbons (Fsp3) is 0.500. The minimum atomic E-state index is -3.61. The molecule has 1 N–H and O–H groups in total. The Morgan fingerprint density at radius 2 is 2.10 bits per heavy atom. The standard InChI is InChI=1S/C14H21NO4S/c1-4-14(16)12-6-5-7-13(10-12)20(17,18)15-11(2)8-9-19-3/h5-7,10-11,15H,4,8-9H2,1-3H3. The van der Waals surface area contributed by atoms with Crippen LogP contribution in [-0.4, -0.2) is 34.0 Å². The largest absolute Gasteiger partial charge is 0.385 e. The average molecular weight is 299 g/mol. The lowest BCUT2D eigenvalue weighted by atomic mass is 10.1. The highest BCUT2D eigenvalue weighted by Crippen LogP contribution is 2.14. The molecule has 0 radical (unpaired) electrons. The first kappa shape index (κ1) is 16.8. The fourth-order valence-electron chi connectivity index (χ4n) is 1.73. The third-order valence-corrected chi connectivity index (χ3v) is 4.49. The molecule has 0 bridgehead atoms. The van der Waals surface area contributed by atoms with Crippen LogP contribution in [0.2, 0.25) is 0 Å². The first-order valence-corrected chi connectivity index (χ1v) is 8.03. The van der Waals surface area contributed by atoms with Crippen LogP contribution in [0.5, 0.6) is 0 Å². The molecule has 1 aromatic carbocycles. The molecular weight excluding hydrogens is 278 g/mol. The van der Waals surface area contributed by atoms with Gasteiger partial charge in [0.25, 0.3) is 0 Å². The van der Waals surface area contributed by atoms with E-state index in [0.717, 1.165) is 0 Å². The maximum atomic E-state index is 12.2. The van der Waals surface area contributed by atoms with Crippen molar-refractivity contribution >= 4 is 15.8 Å². The van der Waals surface area contributed by atoms with Gasteiger partial charge in [0.2, 0.25) is 10.0 Å². The van der Waals surface area contributed by atoms with E-state index in [-0.39, 0.29) is 16.7 Å². The minimum Gasteiger partial charge on any atom is -0.385 e. The molecule has 0 aromatic heterocycles. The van der Waals surface area contributed by atoms with E-state index in [1.165, 1.54) is 12.1 Å². The van der Waals surface area contributed by atoms with Gasteiger partial charge in [-0.2, -0.15) is 0 Å². The van der Waals surface area contributed by atoms with E-state index in [9.17, 15) is 13.2 Å². The summed E-state index contributed by atoms with van der Waals surface area (Å²) in [7, 11) is -2.04. The Bertz CT molecular complexity index is 554. The summed E-state index contributed by atoms with van der Waals surface area (Å²) in [6.45, 7) is 4.00. The molecule has 0 aliphatic heterocycles. The van der Waals surface area contributed by atoms with Gasteiger partial charge in [0, 0.05) is 31.7 Å². The van der Waals surface area contributed by atoms with E-state index in [4.69, 9.17) is 4.74 Å². The zero-order valence-electron chi connectivity index (χ0n) is 12.0. The van der Waals surface area contributed by atoms with Gasteiger partial charge in [-0.3, -0.25) is 4.79 Å². The lowest BCUT2D eigenvalue weighted by Crippen LogP contribution is -2.33. The molecule has 0 amide bonds. The Morgan fingerprint density at radius 1 is 1.40 bits per heavy atom. The first-order valence-electron chi connectivity index (χ1n) is 6.55. The molecular formula is C14H21NO4S. The zero-order valence-corrected chi connectivity index (χ0v) is 12.9. The van der Waals surface area contributed by atoms with Crippen molar-refractivity contribution in [3.63, 3.8) is 0 Å². The van der Waals surface area contributed by atoms with Crippen molar-refractivity contribution in [1.82, 2.24) is 4.72 Å². The summed E-state index contributed by atoms with van der Waals surface area (Å²) >= 11 is 0. The Labute approximate surface area is 120 Å². The highest BCUT2D eigenvalue weighted by Gasteiger charge is 2.18. The normalized spacial score (nSPS) is 13.2. The summed E-state index contributed by atoms with van der Waals surface area (Å²) < 4.78 is 31.9. The molecule has 1 aromatic rings. The van der Waals surface area contributed by atoms with E-state index in [1.807, 2.05) is 0 Å². The molecule has 112 valence electrons. The van der Waals surface area contributed by atoms with Crippen LogP contribution in [0.1, 0.15) is 37.0 Å². The Balaban J connectivity index is 2.90. The number of methoxy groups -OCH3 is 1. The van der Waals surface area contributed by atoms with Crippen LogP contribution < -0.4 is 4.72 Å². The van der Waals surface area contributed by atoms with Crippen molar-refractivity contribution in [2.45, 2.75) is 37.6 Å². The molecule has 0 saturated heterocycles. The van der Waals surface area contributed by atoms with Crippen molar-refractivity contribution in [2.75, 3.05) is 13.7 Å². The third kappa shape index (κ3) is 4.70. The number of ether oxygens (including phenoxy) is 1. The van der Waals surface area contributed by atoms with Gasteiger partial charge >= 0.3 is 0 Å². The van der Waals surface area contributed by atoms with Crippen molar-refractivity contribution < 1.29 is 17.9 Å². The van der Waals surface area contributed by atoms with E-state index in [1.54, 1.807) is 33.1 Å². The van der Waals surface area contributed by atoms with Crippen LogP contribution in [0.15, 0.2) is 29.2 Å². The van der Waals surface area contributed by atoms with Gasteiger partial charge < -0.3 is 4.74 Å². The summed E-state index contributed by atoms with van der Waals surface area (Å²) in [5.74, 6) is -0.0746. The summed E-state index contributed by atoms with van der Waals surface area (Å²) in [6, 6.07) is 5.87. The molecule has 1 atom stereocenters. The molecule has 0 fully saturated rings. The van der Waals surface area contributed by atoms with Crippen LogP contribution in [0.3, 0.4) is 0 Å². The van der Waals surface area contributed by atoms with Crippen LogP contribution in [0.4, 0.5) is 0 Å². The molecule has 1 unspecified atom stereocenters. The Morgan fingerprint density at radius 3 is 2.70 bits per heavy atom. The highest BCUT2D eigenvalue weighted by atomic mass is 32.2. The average Bonchev–Trinajstić information content (AvgIpc) is 2.44. The minimum absolute atomic E-state index is 0.0746. The van der Waals surface area contributed by atoms with E-state index >= 15 is 0 Å². The van der Waals surface area contributed by atoms with Gasteiger partial charge in [-0.1, -0.05) is 19.1 Å². The highest BCUT2D eigenvalue weighted by molar-refractivity contribution is 7.89. The summed E-state index contributed by atoms with van der Waals surface area (Å²) in [5.41, 5.74) is 0.417. The number of nitrogens with one attached hydrogen (secondary N) is 1. The molecule has 0 saturated carbocycles. The van der Waals surface area contributed by atoms with Crippen LogP contribution in [0.25, 0.3) is 0 Å². The predicted molar refractivity (Wildman–Crippen MR) is 77.3 cm³/mol. The van der Waals surface area contributed by atoms with E-state index < -0.39 is 10.0 Å². The summed E-state index contributed by atoms with van der Waals surface area (Å²) in [5, 5.41) is 0. The topological polar surface area (TPSA) is 72.5 Å². The van der Waals surface area contributed by atoms with Crippen molar-refractivity contribution in [1.29, 1.82) is 0 Å². The van der Waals surface area contributed by atoms with E-state index in [2.05, 4.69) is 4.72 Å². The zero-order chi connectivity index (χ0) is 15.2. The molecule has 0 spiro atoms. The molecule has 0 heterocycles. The number of ketones is 1. The quantitative estimate of drug-likeness (QED) is 0.745. The molecule has 0 aliphatic carbocycles. The Kier molecular flexibility index (Phi) is 6.32. The van der Waals surface area contributed by atoms with E-state index in [0.29, 0.717) is 25.0 Å². The van der Waals surface area contributed by atoms with Gasteiger partial charge in [-0.15, -0.1) is 0 Å². The molecule has 1 rings (SSSR count). The number of sulfonamides is 1. The monoisotopic (exact) mass is 299 g/mol. The maximum Gasteiger partial charge on any atom is 0.240 e. The third-order valence-electron chi connectivity index (χ3n) is 2.90. The van der Waals surface area contributed by atoms with Crippen LogP contribution >= 0.6 is 0 Å². The SMILES string of the molecule is CCC(=O)c1cccc(S(=O)(=O)NC(C)CCOC)c1. The summed E-state index contributed by atoms with van der Waals surface area (Å²) in [6.07, 6.45) is 0.935. The second-order valence-corrected chi connectivity index (χ2v) is 6.32. The number of rotatable bonds is 8. The van der Waals surface area contributed by atoms with Crippen molar-refractivity contribution in [3.8, 4) is 0 Å². The molecule has 20 heavy (non-hydrogen) atoms. The van der Waals surface area contributed by atoms with Crippen LogP contribution in [0, 0.1) is 0 Å². The van der Waals surface area contributed by atoms with Gasteiger partial charge in [-0.05, 0) is 25.5 Å². The number of carbonyl (C=O) groups excluding carboxylic acids is 1. The number of hydrogen-bond acceptors (Lipinski definition) is 4. The first-order chi connectivity index (χ1) is 9.40. The lowest BCUT2D eigenvalue weighted by Gasteiger charge is -2.14. The lowest BCUT2D eigenvalue weighted by molar-refractivity contribution is 0.0988. The Hall–Kier alpha value is -1.24. The van der Waals surface area contributed by atoms with Crippen molar-refractivity contribution in [2.24, 2.45) is 0 Å². The maximum absolute atomic E-state index is 12.2. The fourth-order valence-corrected chi connectivity index (χ4v) is 3.05. The van der Waals surface area contributed by atoms with Crippen molar-refractivity contribution in [3.05, 3.63) is 29.8 Å². The molecule has 6 heteroatoms. The van der Waals surface area contributed by atoms with Gasteiger partial charge in [0.05, 0.1) is 4.90 Å². The van der Waals surface area contributed by atoms with Gasteiger partial charge in [-0.25, -0.2) is 13.1 Å². The number of Topliss-reactive ketones (excluding diaryl/α,β-unsaturated/α-hetero) is 1. The summed E-state index contributed by atoms with van der Waals surface area (Å²) in [4.78, 5) is 11.7. The number of benzene rings is 1. The van der Waals surface area contributed by atoms with Crippen LogP contribution in [-0.2, 0) is 14.8 Å². The molecule has 0 aliphatic rings. The molecule has 5 nitrogen and oxygen atoms in total. The van der Waals surface area contributed by atoms with Gasteiger partial charge in [0.15, 0.2) is 5.78 Å². The smallest absolute Gasteiger partial charge is 0.240 e.